The Morgan fingerprint density at radius 1 is 1.29 bits per heavy atom. The molecule has 1 aromatic carbocycles. The highest BCUT2D eigenvalue weighted by molar-refractivity contribution is 14.2. The molecule has 1 aliphatic carbocycles. The van der Waals surface area contributed by atoms with Crippen molar-refractivity contribution in [1.82, 2.24) is 14.8 Å². The maximum Gasteiger partial charge on any atom is 0.280 e. The number of pyridine rings is 1. The minimum atomic E-state index is -2.74. The van der Waals surface area contributed by atoms with E-state index in [0.717, 1.165) is 23.7 Å². The minimum absolute atomic E-state index is 0.0828. The van der Waals surface area contributed by atoms with Crippen LogP contribution in [0.1, 0.15) is 54.3 Å². The Balaban J connectivity index is 1.58. The monoisotopic (exact) mass is 558 g/mol. The van der Waals surface area contributed by atoms with Gasteiger partial charge in [-0.2, -0.15) is 5.10 Å². The molecule has 0 aliphatic heterocycles. The third-order valence-electron chi connectivity index (χ3n) is 5.46. The molecular formula is C21H21F2IN4O2S. The number of carbonyl (C=O) groups excluding carboxylic acids is 1. The second-order valence-electron chi connectivity index (χ2n) is 7.44. The Morgan fingerprint density at radius 3 is 2.74 bits per heavy atom. The summed E-state index contributed by atoms with van der Waals surface area (Å²) in [6.07, 6.45) is 3.76. The highest BCUT2D eigenvalue weighted by Gasteiger charge is 2.23. The molecule has 0 saturated heterocycles. The second-order valence-corrected chi connectivity index (χ2v) is 9.81. The first-order chi connectivity index (χ1) is 15.0. The average molecular weight is 558 g/mol. The van der Waals surface area contributed by atoms with E-state index in [4.69, 9.17) is 9.84 Å². The lowest BCUT2D eigenvalue weighted by Crippen LogP contribution is -2.19. The highest BCUT2D eigenvalue weighted by atomic mass is 127. The molecule has 6 nitrogen and oxygen atoms in total. The number of amides is 1. The molecule has 1 N–H and O–H groups in total. The van der Waals surface area contributed by atoms with Crippen LogP contribution < -0.4 is 10.1 Å². The molecule has 31 heavy (non-hydrogen) atoms. The van der Waals surface area contributed by atoms with Gasteiger partial charge in [0.25, 0.3) is 12.3 Å². The number of methoxy groups -OCH3 is 1. The fraction of sp³-hybridized carbons (Fsp3) is 0.381. The van der Waals surface area contributed by atoms with Gasteiger partial charge < -0.3 is 10.1 Å². The van der Waals surface area contributed by atoms with Gasteiger partial charge in [0.15, 0.2) is 0 Å². The first-order valence-electron chi connectivity index (χ1n) is 9.89. The summed E-state index contributed by atoms with van der Waals surface area (Å²) in [7, 11) is 3.40. The van der Waals surface area contributed by atoms with Gasteiger partial charge in [0, 0.05) is 22.9 Å². The van der Waals surface area contributed by atoms with E-state index in [0.29, 0.717) is 22.7 Å². The van der Waals surface area contributed by atoms with Gasteiger partial charge in [-0.15, -0.1) is 0 Å². The smallest absolute Gasteiger partial charge is 0.280 e. The third kappa shape index (κ3) is 4.94. The van der Waals surface area contributed by atoms with Gasteiger partial charge in [0.05, 0.1) is 24.4 Å². The van der Waals surface area contributed by atoms with Crippen LogP contribution in [0.4, 0.5) is 14.5 Å². The Bertz CT molecular complexity index is 1090. The molecule has 1 aliphatic rings. The maximum atomic E-state index is 12.9. The predicted octanol–water partition coefficient (Wildman–Crippen LogP) is 6.20. The number of alkyl halides is 2. The number of halogens is 3. The number of nitrogens with one attached hydrogen (secondary N) is 1. The van der Waals surface area contributed by atoms with Crippen LogP contribution in [0.15, 0.2) is 36.5 Å². The van der Waals surface area contributed by atoms with Gasteiger partial charge in [0.2, 0.25) is 0 Å². The van der Waals surface area contributed by atoms with E-state index in [-0.39, 0.29) is 5.69 Å². The molecular weight excluding hydrogens is 537 g/mol. The zero-order valence-electron chi connectivity index (χ0n) is 16.7. The van der Waals surface area contributed by atoms with Crippen LogP contribution >= 0.6 is 30.1 Å². The van der Waals surface area contributed by atoms with Crippen molar-refractivity contribution in [3.63, 3.8) is 0 Å². The molecule has 2 aromatic heterocycles. The number of carbonyl (C=O) groups is 1. The summed E-state index contributed by atoms with van der Waals surface area (Å²) in [4.78, 5) is 16.4. The van der Waals surface area contributed by atoms with Gasteiger partial charge >= 0.3 is 0 Å². The van der Waals surface area contributed by atoms with E-state index in [1.54, 1.807) is 12.1 Å². The van der Waals surface area contributed by atoms with Crippen molar-refractivity contribution >= 4 is 52.6 Å². The standard InChI is InChI=1S/C21H21F2IN4O2S/c1-30-19-10-17-12(11-28(27-17)13-5-7-14(31-24)8-6-13)9-18(19)26-21(29)16-4-2-3-15(25-16)20(22)23/h2-4,9-11,13-14,20H,5-8H2,1H3,(H,26,29)/t13-,14-. The van der Waals surface area contributed by atoms with Crippen LogP contribution in [0.25, 0.3) is 10.9 Å². The van der Waals surface area contributed by atoms with Crippen molar-refractivity contribution in [2.45, 2.75) is 43.4 Å². The van der Waals surface area contributed by atoms with Gasteiger partial charge in [0.1, 0.15) is 17.1 Å². The number of aromatic nitrogens is 3. The van der Waals surface area contributed by atoms with Crippen molar-refractivity contribution in [2.24, 2.45) is 0 Å². The molecule has 1 fully saturated rings. The van der Waals surface area contributed by atoms with Gasteiger partial charge in [-0.05, 0) is 65.1 Å². The number of anilines is 1. The average Bonchev–Trinajstić information content (AvgIpc) is 3.21. The lowest BCUT2D eigenvalue weighted by molar-refractivity contribution is 0.101. The molecule has 4 rings (SSSR count). The second kappa shape index (κ2) is 9.68. The molecule has 1 amide bonds. The largest absolute Gasteiger partial charge is 0.494 e. The van der Waals surface area contributed by atoms with Crippen LogP contribution in [-0.4, -0.2) is 33.0 Å². The Kier molecular flexibility index (Phi) is 6.95. The molecule has 1 saturated carbocycles. The quantitative estimate of drug-likeness (QED) is 0.365. The Labute approximate surface area is 194 Å². The fourth-order valence-electron chi connectivity index (χ4n) is 3.81. The molecule has 3 aromatic rings. The maximum absolute atomic E-state index is 12.9. The summed E-state index contributed by atoms with van der Waals surface area (Å²) in [5.74, 6) is -0.136. The lowest BCUT2D eigenvalue weighted by Gasteiger charge is -2.26. The fourth-order valence-corrected chi connectivity index (χ4v) is 5.79. The van der Waals surface area contributed by atoms with Gasteiger partial charge in [-0.3, -0.25) is 9.48 Å². The number of hydrogen-bond donors (Lipinski definition) is 1. The van der Waals surface area contributed by atoms with Crippen molar-refractivity contribution in [3.05, 3.63) is 47.9 Å². The molecule has 0 spiro atoms. The zero-order valence-corrected chi connectivity index (χ0v) is 19.7. The van der Waals surface area contributed by atoms with Crippen LogP contribution in [0.3, 0.4) is 0 Å². The van der Waals surface area contributed by atoms with Crippen molar-refractivity contribution in [1.29, 1.82) is 0 Å². The SMILES string of the molecule is COc1cc2nn([C@H]3CC[C@H](SI)CC3)cc2cc1NC(=O)c1cccc(C(F)F)n1. The van der Waals surface area contributed by atoms with E-state index in [1.165, 1.54) is 38.2 Å². The van der Waals surface area contributed by atoms with Crippen LogP contribution in [-0.2, 0) is 0 Å². The van der Waals surface area contributed by atoms with E-state index in [2.05, 4.69) is 31.5 Å². The van der Waals surface area contributed by atoms with E-state index in [9.17, 15) is 13.6 Å². The number of hydrogen-bond acceptors (Lipinski definition) is 5. The summed E-state index contributed by atoms with van der Waals surface area (Å²) in [6.45, 7) is 0. The first kappa shape index (κ1) is 22.3. The number of benzene rings is 1. The lowest BCUT2D eigenvalue weighted by atomic mass is 9.95. The topological polar surface area (TPSA) is 69.0 Å². The molecule has 0 radical (unpaired) electrons. The van der Waals surface area contributed by atoms with Crippen molar-refractivity contribution < 1.29 is 18.3 Å². The van der Waals surface area contributed by atoms with Gasteiger partial charge in [-0.1, -0.05) is 15.0 Å². The highest BCUT2D eigenvalue weighted by Crippen LogP contribution is 2.38. The van der Waals surface area contributed by atoms with Crippen molar-refractivity contribution in [3.8, 4) is 5.75 Å². The molecule has 2 heterocycles. The van der Waals surface area contributed by atoms with Crippen LogP contribution in [0.5, 0.6) is 5.75 Å². The Hall–Kier alpha value is -1.95. The summed E-state index contributed by atoms with van der Waals surface area (Å²) in [5.41, 5.74) is 0.694. The van der Waals surface area contributed by atoms with Crippen LogP contribution in [0.2, 0.25) is 0 Å². The first-order valence-corrected chi connectivity index (χ1v) is 13.3. The third-order valence-corrected chi connectivity index (χ3v) is 8.34. The molecule has 10 heteroatoms. The summed E-state index contributed by atoms with van der Waals surface area (Å²) < 4.78 is 33.2. The molecule has 0 atom stereocenters. The Morgan fingerprint density at radius 2 is 2.06 bits per heavy atom. The molecule has 164 valence electrons. The zero-order chi connectivity index (χ0) is 22.0. The van der Waals surface area contributed by atoms with Crippen LogP contribution in [0, 0.1) is 0 Å². The van der Waals surface area contributed by atoms with E-state index >= 15 is 0 Å². The normalized spacial score (nSPS) is 19.0. The van der Waals surface area contributed by atoms with Crippen molar-refractivity contribution in [2.75, 3.05) is 12.4 Å². The number of nitrogens with zero attached hydrogens (tertiary/aromatic N) is 3. The molecule has 0 bridgehead atoms. The predicted molar refractivity (Wildman–Crippen MR) is 126 cm³/mol. The summed E-state index contributed by atoms with van der Waals surface area (Å²) in [6, 6.07) is 7.90. The number of ether oxygens (including phenoxy) is 1. The summed E-state index contributed by atoms with van der Waals surface area (Å²) in [5, 5.41) is 9.03. The minimum Gasteiger partial charge on any atom is -0.494 e. The molecule has 0 unspecified atom stereocenters. The van der Waals surface area contributed by atoms with E-state index < -0.39 is 18.0 Å². The number of rotatable bonds is 6. The number of fused-ring (bicyclic) bond motifs is 1. The summed E-state index contributed by atoms with van der Waals surface area (Å²) >= 11 is 2.37. The van der Waals surface area contributed by atoms with E-state index in [1.807, 2.05) is 19.8 Å². The van der Waals surface area contributed by atoms with Gasteiger partial charge in [-0.25, -0.2) is 13.8 Å².